The van der Waals surface area contributed by atoms with E-state index in [1.54, 1.807) is 19.3 Å². The molecule has 0 saturated heterocycles. The normalized spacial score (nSPS) is 15.7. The van der Waals surface area contributed by atoms with Gasteiger partial charge >= 0.3 is 0 Å². The van der Waals surface area contributed by atoms with Crippen molar-refractivity contribution in [3.63, 3.8) is 0 Å². The molecule has 6 heteroatoms. The van der Waals surface area contributed by atoms with Crippen molar-refractivity contribution in [2.45, 2.75) is 38.0 Å². The fourth-order valence-corrected chi connectivity index (χ4v) is 2.44. The number of imidazole rings is 1. The SMILES string of the molecule is CCCNC(Cc1ncc[nH]1)C(C)S(C)(=O)=O. The Morgan fingerprint density at radius 3 is 2.71 bits per heavy atom. The highest BCUT2D eigenvalue weighted by Crippen LogP contribution is 2.09. The zero-order valence-electron chi connectivity index (χ0n) is 10.6. The minimum Gasteiger partial charge on any atom is -0.349 e. The Labute approximate surface area is 103 Å². The highest BCUT2D eigenvalue weighted by Gasteiger charge is 2.26. The summed E-state index contributed by atoms with van der Waals surface area (Å²) in [6, 6.07) is -0.101. The van der Waals surface area contributed by atoms with Crippen molar-refractivity contribution in [1.29, 1.82) is 0 Å². The van der Waals surface area contributed by atoms with Gasteiger partial charge in [-0.05, 0) is 19.9 Å². The number of sulfone groups is 1. The van der Waals surface area contributed by atoms with Gasteiger partial charge in [-0.1, -0.05) is 6.92 Å². The lowest BCUT2D eigenvalue weighted by Gasteiger charge is -2.23. The molecule has 5 nitrogen and oxygen atoms in total. The summed E-state index contributed by atoms with van der Waals surface area (Å²) < 4.78 is 23.2. The van der Waals surface area contributed by atoms with Crippen LogP contribution in [0.4, 0.5) is 0 Å². The molecule has 1 aromatic heterocycles. The smallest absolute Gasteiger partial charge is 0.151 e. The Bertz CT molecular complexity index is 414. The highest BCUT2D eigenvalue weighted by atomic mass is 32.2. The van der Waals surface area contributed by atoms with E-state index >= 15 is 0 Å². The molecule has 0 fully saturated rings. The van der Waals surface area contributed by atoms with Crippen molar-refractivity contribution in [2.24, 2.45) is 0 Å². The van der Waals surface area contributed by atoms with Gasteiger partial charge in [-0.25, -0.2) is 13.4 Å². The summed E-state index contributed by atoms with van der Waals surface area (Å²) in [6.45, 7) is 4.61. The third kappa shape index (κ3) is 4.47. The van der Waals surface area contributed by atoms with Crippen LogP contribution in [0.5, 0.6) is 0 Å². The average Bonchev–Trinajstić information content (AvgIpc) is 2.74. The quantitative estimate of drug-likeness (QED) is 0.758. The van der Waals surface area contributed by atoms with Crippen molar-refractivity contribution in [1.82, 2.24) is 15.3 Å². The summed E-state index contributed by atoms with van der Waals surface area (Å²) in [5.41, 5.74) is 0. The zero-order valence-corrected chi connectivity index (χ0v) is 11.4. The molecule has 2 N–H and O–H groups in total. The lowest BCUT2D eigenvalue weighted by atomic mass is 10.1. The van der Waals surface area contributed by atoms with Crippen LogP contribution in [0.2, 0.25) is 0 Å². The van der Waals surface area contributed by atoms with Gasteiger partial charge in [0.25, 0.3) is 0 Å². The molecule has 0 amide bonds. The Balaban J connectivity index is 2.73. The standard InChI is InChI=1S/C11H21N3O2S/c1-4-5-12-10(9(2)17(3,15)16)8-11-13-6-7-14-11/h6-7,9-10,12H,4-5,8H2,1-3H3,(H,13,14). The van der Waals surface area contributed by atoms with Crippen molar-refractivity contribution in [3.8, 4) is 0 Å². The molecular formula is C11H21N3O2S. The number of rotatable bonds is 7. The van der Waals surface area contributed by atoms with Crippen LogP contribution in [0.25, 0.3) is 0 Å². The fourth-order valence-electron chi connectivity index (χ4n) is 1.65. The number of H-pyrrole nitrogens is 1. The summed E-state index contributed by atoms with van der Waals surface area (Å²) >= 11 is 0. The predicted molar refractivity (Wildman–Crippen MR) is 68.7 cm³/mol. The summed E-state index contributed by atoms with van der Waals surface area (Å²) in [4.78, 5) is 7.14. The van der Waals surface area contributed by atoms with Gasteiger partial charge in [0.2, 0.25) is 0 Å². The molecule has 0 aliphatic heterocycles. The van der Waals surface area contributed by atoms with E-state index in [0.29, 0.717) is 6.42 Å². The van der Waals surface area contributed by atoms with Crippen LogP contribution in [-0.2, 0) is 16.3 Å². The van der Waals surface area contributed by atoms with Crippen LogP contribution in [0.15, 0.2) is 12.4 Å². The molecule has 0 spiro atoms. The van der Waals surface area contributed by atoms with Crippen LogP contribution >= 0.6 is 0 Å². The number of hydrogen-bond acceptors (Lipinski definition) is 4. The molecule has 17 heavy (non-hydrogen) atoms. The maximum Gasteiger partial charge on any atom is 0.151 e. The van der Waals surface area contributed by atoms with Crippen molar-refractivity contribution >= 4 is 9.84 Å². The molecular weight excluding hydrogens is 238 g/mol. The van der Waals surface area contributed by atoms with E-state index in [1.165, 1.54) is 6.26 Å². The zero-order chi connectivity index (χ0) is 12.9. The molecule has 1 heterocycles. The lowest BCUT2D eigenvalue weighted by Crippen LogP contribution is -2.44. The second-order valence-electron chi connectivity index (χ2n) is 4.34. The Morgan fingerprint density at radius 1 is 1.53 bits per heavy atom. The van der Waals surface area contributed by atoms with E-state index < -0.39 is 15.1 Å². The Hall–Kier alpha value is -0.880. The van der Waals surface area contributed by atoms with Gasteiger partial charge in [-0.15, -0.1) is 0 Å². The largest absolute Gasteiger partial charge is 0.349 e. The van der Waals surface area contributed by atoms with Crippen LogP contribution < -0.4 is 5.32 Å². The minimum atomic E-state index is -3.04. The molecule has 0 aromatic carbocycles. The first-order valence-electron chi connectivity index (χ1n) is 5.85. The lowest BCUT2D eigenvalue weighted by molar-refractivity contribution is 0.476. The average molecular weight is 259 g/mol. The summed E-state index contributed by atoms with van der Waals surface area (Å²) in [6.07, 6.45) is 6.28. The number of nitrogens with zero attached hydrogens (tertiary/aromatic N) is 1. The van der Waals surface area contributed by atoms with E-state index in [4.69, 9.17) is 0 Å². The molecule has 2 unspecified atom stereocenters. The van der Waals surface area contributed by atoms with E-state index in [2.05, 4.69) is 22.2 Å². The summed E-state index contributed by atoms with van der Waals surface area (Å²) in [7, 11) is -3.04. The van der Waals surface area contributed by atoms with Crippen molar-refractivity contribution in [3.05, 3.63) is 18.2 Å². The molecule has 98 valence electrons. The number of nitrogens with one attached hydrogen (secondary N) is 2. The number of aromatic amines is 1. The van der Waals surface area contributed by atoms with Crippen LogP contribution in [0.3, 0.4) is 0 Å². The molecule has 0 aliphatic carbocycles. The summed E-state index contributed by atoms with van der Waals surface area (Å²) in [5.74, 6) is 0.814. The highest BCUT2D eigenvalue weighted by molar-refractivity contribution is 7.91. The maximum atomic E-state index is 11.6. The van der Waals surface area contributed by atoms with Gasteiger partial charge in [0.1, 0.15) is 5.82 Å². The molecule has 0 saturated carbocycles. The monoisotopic (exact) mass is 259 g/mol. The van der Waals surface area contributed by atoms with Crippen molar-refractivity contribution in [2.75, 3.05) is 12.8 Å². The Kier molecular flexibility index (Phi) is 5.14. The molecule has 1 rings (SSSR count). The number of aromatic nitrogens is 2. The molecule has 0 aliphatic rings. The molecule has 0 bridgehead atoms. The molecule has 0 radical (unpaired) electrons. The third-order valence-electron chi connectivity index (χ3n) is 2.87. The van der Waals surface area contributed by atoms with Gasteiger partial charge < -0.3 is 10.3 Å². The first kappa shape index (κ1) is 14.2. The van der Waals surface area contributed by atoms with E-state index in [9.17, 15) is 8.42 Å². The second kappa shape index (κ2) is 6.16. The van der Waals surface area contributed by atoms with E-state index in [-0.39, 0.29) is 6.04 Å². The van der Waals surface area contributed by atoms with Crippen LogP contribution in [0.1, 0.15) is 26.1 Å². The molecule has 1 aromatic rings. The minimum absolute atomic E-state index is 0.101. The third-order valence-corrected chi connectivity index (χ3v) is 4.55. The Morgan fingerprint density at radius 2 is 2.24 bits per heavy atom. The van der Waals surface area contributed by atoms with Gasteiger partial charge in [0.15, 0.2) is 9.84 Å². The summed E-state index contributed by atoms with van der Waals surface area (Å²) in [5, 5.41) is 2.86. The van der Waals surface area contributed by atoms with E-state index in [0.717, 1.165) is 18.8 Å². The number of hydrogen-bond donors (Lipinski definition) is 2. The van der Waals surface area contributed by atoms with Gasteiger partial charge in [0.05, 0.1) is 5.25 Å². The first-order valence-corrected chi connectivity index (χ1v) is 7.81. The fraction of sp³-hybridized carbons (Fsp3) is 0.727. The van der Waals surface area contributed by atoms with E-state index in [1.807, 2.05) is 0 Å². The van der Waals surface area contributed by atoms with Crippen LogP contribution in [-0.4, -0.2) is 42.5 Å². The topological polar surface area (TPSA) is 74.8 Å². The van der Waals surface area contributed by atoms with Gasteiger partial charge in [-0.3, -0.25) is 0 Å². The van der Waals surface area contributed by atoms with Crippen LogP contribution in [0, 0.1) is 0 Å². The van der Waals surface area contributed by atoms with Crippen molar-refractivity contribution < 1.29 is 8.42 Å². The second-order valence-corrected chi connectivity index (χ2v) is 6.74. The first-order chi connectivity index (χ1) is 7.95. The van der Waals surface area contributed by atoms with Gasteiger partial charge in [0, 0.05) is 31.1 Å². The predicted octanol–water partition coefficient (Wildman–Crippen LogP) is 0.753. The van der Waals surface area contributed by atoms with Gasteiger partial charge in [-0.2, -0.15) is 0 Å². The molecule has 2 atom stereocenters. The maximum absolute atomic E-state index is 11.6.